The van der Waals surface area contributed by atoms with Gasteiger partial charge in [0.15, 0.2) is 9.84 Å². The summed E-state index contributed by atoms with van der Waals surface area (Å²) in [5, 5.41) is 11.6. The van der Waals surface area contributed by atoms with Crippen LogP contribution in [0.5, 0.6) is 0 Å². The second-order valence-electron chi connectivity index (χ2n) is 18.7. The topological polar surface area (TPSA) is 171 Å². The molecule has 0 radical (unpaired) electrons. The highest BCUT2D eigenvalue weighted by atomic mass is 32.2. The van der Waals surface area contributed by atoms with Gasteiger partial charge in [-0.25, -0.2) is 13.2 Å². The molecule has 0 spiro atoms. The number of hydrogen-bond donors (Lipinski definition) is 4. The zero-order chi connectivity index (χ0) is 38.9. The Morgan fingerprint density at radius 2 is 1.50 bits per heavy atom. The number of carbonyl (C=O) groups excluding carboxylic acids is 5. The number of urea groups is 1. The summed E-state index contributed by atoms with van der Waals surface area (Å²) in [6.45, 7) is 18.6. The van der Waals surface area contributed by atoms with Gasteiger partial charge in [-0.15, -0.1) is 6.58 Å². The van der Waals surface area contributed by atoms with Crippen LogP contribution < -0.4 is 21.3 Å². The van der Waals surface area contributed by atoms with Gasteiger partial charge in [-0.2, -0.15) is 0 Å². The van der Waals surface area contributed by atoms with E-state index in [0.29, 0.717) is 38.0 Å². The number of allylic oxidation sites excluding steroid dienone is 1. The third kappa shape index (κ3) is 10.4. The Morgan fingerprint density at radius 1 is 0.885 bits per heavy atom. The summed E-state index contributed by atoms with van der Waals surface area (Å²) in [4.78, 5) is 70.7. The Labute approximate surface area is 311 Å². The van der Waals surface area contributed by atoms with Crippen molar-refractivity contribution in [1.29, 1.82) is 0 Å². The Hall–Kier alpha value is -2.96. The zero-order valence-electron chi connectivity index (χ0n) is 32.9. The second-order valence-corrected chi connectivity index (χ2v) is 21.4. The van der Waals surface area contributed by atoms with Gasteiger partial charge in [0.2, 0.25) is 17.6 Å². The number of ketones is 1. The number of sulfone groups is 1. The molecule has 0 aromatic heterocycles. The number of amides is 5. The summed E-state index contributed by atoms with van der Waals surface area (Å²) in [5.74, 6) is -2.40. The third-order valence-electron chi connectivity index (χ3n) is 11.7. The van der Waals surface area contributed by atoms with Crippen molar-refractivity contribution in [3.05, 3.63) is 12.7 Å². The highest BCUT2D eigenvalue weighted by Gasteiger charge is 2.51. The van der Waals surface area contributed by atoms with Gasteiger partial charge in [0.1, 0.15) is 12.1 Å². The lowest BCUT2D eigenvalue weighted by Crippen LogP contribution is -2.64. The van der Waals surface area contributed by atoms with E-state index in [1.165, 1.54) is 4.90 Å². The number of nitrogens with zero attached hydrogens (tertiary/aromatic N) is 1. The van der Waals surface area contributed by atoms with Gasteiger partial charge >= 0.3 is 6.03 Å². The average molecular weight is 748 g/mol. The Morgan fingerprint density at radius 3 is 2.02 bits per heavy atom. The second kappa shape index (κ2) is 15.8. The Bertz CT molecular complexity index is 1480. The molecule has 4 rings (SSSR count). The Balaban J connectivity index is 1.59. The minimum Gasteiger partial charge on any atom is -0.347 e. The number of carbonyl (C=O) groups is 5. The highest BCUT2D eigenvalue weighted by Crippen LogP contribution is 2.41. The fourth-order valence-electron chi connectivity index (χ4n) is 7.61. The molecule has 1 aliphatic heterocycles. The molecular weight excluding hydrogens is 683 g/mol. The molecular formula is C39H65N5O7S. The van der Waals surface area contributed by atoms with Crippen LogP contribution in [0.25, 0.3) is 0 Å². The van der Waals surface area contributed by atoms with Crippen molar-refractivity contribution in [1.82, 2.24) is 26.2 Å². The number of hydrogen-bond acceptors (Lipinski definition) is 7. The molecule has 12 nitrogen and oxygen atoms in total. The predicted molar refractivity (Wildman–Crippen MR) is 202 cm³/mol. The van der Waals surface area contributed by atoms with Crippen molar-refractivity contribution >= 4 is 39.4 Å². The van der Waals surface area contributed by atoms with Crippen LogP contribution in [0.3, 0.4) is 0 Å². The number of rotatable bonds is 15. The lowest BCUT2D eigenvalue weighted by molar-refractivity contribution is -0.145. The normalized spacial score (nSPS) is 23.6. The van der Waals surface area contributed by atoms with Crippen molar-refractivity contribution < 1.29 is 32.4 Å². The molecule has 0 aromatic carbocycles. The van der Waals surface area contributed by atoms with Crippen molar-refractivity contribution in [2.75, 3.05) is 12.3 Å². The van der Waals surface area contributed by atoms with Crippen LogP contribution in [0.15, 0.2) is 12.7 Å². The zero-order valence-corrected chi connectivity index (χ0v) is 33.7. The average Bonchev–Trinajstić information content (AvgIpc) is 3.98. The molecule has 294 valence electrons. The molecule has 4 N–H and O–H groups in total. The highest BCUT2D eigenvalue weighted by molar-refractivity contribution is 7.92. The predicted octanol–water partition coefficient (Wildman–Crippen LogP) is 4.57. The van der Waals surface area contributed by atoms with E-state index in [2.05, 4.69) is 27.8 Å². The minimum atomic E-state index is -3.58. The maximum atomic E-state index is 14.7. The fraction of sp³-hybridized carbons (Fsp3) is 0.821. The monoisotopic (exact) mass is 747 g/mol. The number of nitrogens with one attached hydrogen (secondary N) is 4. The van der Waals surface area contributed by atoms with Gasteiger partial charge in [0.05, 0.1) is 22.1 Å². The van der Waals surface area contributed by atoms with Crippen molar-refractivity contribution in [3.8, 4) is 0 Å². The van der Waals surface area contributed by atoms with E-state index in [1.54, 1.807) is 26.8 Å². The van der Waals surface area contributed by atoms with E-state index in [0.717, 1.165) is 44.9 Å². The number of Topliss-reactive ketones (excluding diaryl/α,β-unsaturated/α-hetero) is 1. The summed E-state index contributed by atoms with van der Waals surface area (Å²) in [5.41, 5.74) is -2.33. The smallest absolute Gasteiger partial charge is 0.315 e. The van der Waals surface area contributed by atoms with E-state index in [9.17, 15) is 32.4 Å². The first-order valence-corrected chi connectivity index (χ1v) is 21.1. The summed E-state index contributed by atoms with van der Waals surface area (Å²) in [7, 11) is -3.58. The molecule has 13 heteroatoms. The Kier molecular flexibility index (Phi) is 12.7. The van der Waals surface area contributed by atoms with Crippen LogP contribution in [0.2, 0.25) is 0 Å². The molecule has 5 amide bonds. The van der Waals surface area contributed by atoms with Crippen LogP contribution in [-0.2, 0) is 29.0 Å². The maximum absolute atomic E-state index is 14.7. The summed E-state index contributed by atoms with van der Waals surface area (Å²) < 4.78 is 25.7. The van der Waals surface area contributed by atoms with Crippen LogP contribution in [-0.4, -0.2) is 89.6 Å². The minimum absolute atomic E-state index is 0.00753. The first-order chi connectivity index (χ1) is 24.0. The van der Waals surface area contributed by atoms with E-state index < -0.39 is 78.6 Å². The molecule has 0 bridgehead atoms. The molecule has 4 fully saturated rings. The first-order valence-electron chi connectivity index (χ1n) is 19.4. The molecule has 3 aliphatic carbocycles. The largest absolute Gasteiger partial charge is 0.347 e. The lowest BCUT2D eigenvalue weighted by Gasteiger charge is -2.41. The molecule has 3 saturated carbocycles. The lowest BCUT2D eigenvalue weighted by atomic mass is 9.74. The third-order valence-corrected chi connectivity index (χ3v) is 14.5. The SMILES string of the molecule is C=CC(C)(C)[C@H]1CCN(C(=O)[C@@H](NC(=O)NC2(CS(=O)(=O)C(C)(C)C)CCCCC2)C(C)(C)C)[C@@H]1C(=O)N[C@@H](CCC1CC1)C(=O)C(=O)NC1CC1. The standard InChI is InChI=1S/C39H65N5O7S/c1-10-38(8,9)27-20-23-44(29(27)32(46)41-28(19-16-25-14-15-25)30(45)33(47)40-26-17-18-26)34(48)31(36(2,3)4)42-35(49)43-39(21-12-11-13-22-39)24-52(50,51)37(5,6)7/h10,25-29,31H,1,11-24H2,2-9H3,(H,40,47)(H,41,46)(H2,42,43,49)/t27-,28-,29-,31+/m0/s1. The molecule has 1 saturated heterocycles. The number of likely N-dealkylation sites (tertiary alicyclic amines) is 1. The van der Waals surface area contributed by atoms with Gasteiger partial charge in [-0.3, -0.25) is 19.2 Å². The van der Waals surface area contributed by atoms with E-state index >= 15 is 0 Å². The van der Waals surface area contributed by atoms with Crippen LogP contribution >= 0.6 is 0 Å². The van der Waals surface area contributed by atoms with Crippen molar-refractivity contribution in [3.63, 3.8) is 0 Å². The van der Waals surface area contributed by atoms with Crippen molar-refractivity contribution in [2.24, 2.45) is 22.7 Å². The molecule has 1 heterocycles. The van der Waals surface area contributed by atoms with E-state index in [4.69, 9.17) is 0 Å². The van der Waals surface area contributed by atoms with Crippen LogP contribution in [0.4, 0.5) is 4.79 Å². The van der Waals surface area contributed by atoms with Crippen LogP contribution in [0.1, 0.15) is 132 Å². The summed E-state index contributed by atoms with van der Waals surface area (Å²) in [6.07, 6.45) is 10.6. The van der Waals surface area contributed by atoms with Gasteiger partial charge < -0.3 is 26.2 Å². The fourth-order valence-corrected chi connectivity index (χ4v) is 9.13. The summed E-state index contributed by atoms with van der Waals surface area (Å²) >= 11 is 0. The van der Waals surface area contributed by atoms with Crippen LogP contribution in [0, 0.1) is 22.7 Å². The quantitative estimate of drug-likeness (QED) is 0.141. The van der Waals surface area contributed by atoms with Gasteiger partial charge in [0.25, 0.3) is 5.91 Å². The van der Waals surface area contributed by atoms with Crippen molar-refractivity contribution in [2.45, 2.75) is 167 Å². The molecule has 52 heavy (non-hydrogen) atoms. The summed E-state index contributed by atoms with van der Waals surface area (Å²) in [6, 6.07) is -3.71. The molecule has 4 aliphatic rings. The molecule has 0 aromatic rings. The van der Waals surface area contributed by atoms with Gasteiger partial charge in [0, 0.05) is 12.6 Å². The van der Waals surface area contributed by atoms with Gasteiger partial charge in [-0.05, 0) is 88.4 Å². The molecule has 4 atom stereocenters. The van der Waals surface area contributed by atoms with Gasteiger partial charge in [-0.1, -0.05) is 72.8 Å². The first kappa shape index (κ1) is 41.8. The maximum Gasteiger partial charge on any atom is 0.315 e. The van der Waals surface area contributed by atoms with E-state index in [-0.39, 0.29) is 24.3 Å². The van der Waals surface area contributed by atoms with E-state index in [1.807, 2.05) is 34.6 Å². The molecule has 0 unspecified atom stereocenters.